The maximum absolute atomic E-state index is 12.7. The number of piperazine rings is 1. The highest BCUT2D eigenvalue weighted by Crippen LogP contribution is 2.17. The predicted octanol–water partition coefficient (Wildman–Crippen LogP) is 3.77. The van der Waals surface area contributed by atoms with Crippen LogP contribution in [0.2, 0.25) is 0 Å². The summed E-state index contributed by atoms with van der Waals surface area (Å²) in [4.78, 5) is 21.6. The van der Waals surface area contributed by atoms with Gasteiger partial charge in [-0.3, -0.25) is 9.69 Å². The zero-order valence-electron chi connectivity index (χ0n) is 15.7. The van der Waals surface area contributed by atoms with Crippen LogP contribution in [-0.4, -0.2) is 58.0 Å². The van der Waals surface area contributed by atoms with Crippen LogP contribution in [0.25, 0.3) is 11.4 Å². The van der Waals surface area contributed by atoms with Crippen LogP contribution in [0.4, 0.5) is 0 Å². The van der Waals surface area contributed by atoms with Gasteiger partial charge in [-0.15, -0.1) is 0 Å². The Kier molecular flexibility index (Phi) is 5.88. The van der Waals surface area contributed by atoms with Crippen molar-refractivity contribution in [2.75, 3.05) is 32.7 Å². The first-order valence-corrected chi connectivity index (χ1v) is 10.3. The van der Waals surface area contributed by atoms with Crippen molar-refractivity contribution in [2.24, 2.45) is 0 Å². The fraction of sp³-hybridized carbons (Fsp3) is 0.273. The maximum atomic E-state index is 12.7. The number of benzene rings is 2. The van der Waals surface area contributed by atoms with Crippen molar-refractivity contribution in [3.05, 3.63) is 77.0 Å². The topological polar surface area (TPSA) is 41.4 Å². The van der Waals surface area contributed by atoms with Crippen molar-refractivity contribution in [1.82, 2.24) is 19.4 Å². The van der Waals surface area contributed by atoms with Gasteiger partial charge in [0, 0.05) is 67.3 Å². The first kappa shape index (κ1) is 18.9. The third-order valence-corrected chi connectivity index (χ3v) is 5.63. The molecule has 0 aliphatic carbocycles. The van der Waals surface area contributed by atoms with Crippen molar-refractivity contribution >= 4 is 21.8 Å². The van der Waals surface area contributed by atoms with E-state index in [1.807, 2.05) is 59.8 Å². The van der Waals surface area contributed by atoms with Crippen LogP contribution in [0.15, 0.2) is 71.5 Å². The molecule has 6 heteroatoms. The number of hydrogen-bond acceptors (Lipinski definition) is 3. The quantitative estimate of drug-likeness (QED) is 0.608. The van der Waals surface area contributed by atoms with Crippen LogP contribution in [0.3, 0.4) is 0 Å². The molecule has 1 aliphatic heterocycles. The minimum atomic E-state index is 0.113. The summed E-state index contributed by atoms with van der Waals surface area (Å²) in [6.45, 7) is 5.17. The average molecular weight is 439 g/mol. The van der Waals surface area contributed by atoms with Crippen LogP contribution in [-0.2, 0) is 6.54 Å². The average Bonchev–Trinajstić information content (AvgIpc) is 3.21. The maximum Gasteiger partial charge on any atom is 0.253 e. The number of carbonyl (C=O) groups excluding carboxylic acids is 1. The van der Waals surface area contributed by atoms with E-state index in [4.69, 9.17) is 0 Å². The molecule has 1 aromatic heterocycles. The first-order chi connectivity index (χ1) is 13.7. The number of hydrogen-bond donors (Lipinski definition) is 0. The molecule has 1 aliphatic rings. The largest absolute Gasteiger partial charge is 0.336 e. The molecule has 0 unspecified atom stereocenters. The van der Waals surface area contributed by atoms with E-state index >= 15 is 0 Å². The van der Waals surface area contributed by atoms with Gasteiger partial charge < -0.3 is 9.47 Å². The minimum absolute atomic E-state index is 0.113. The van der Waals surface area contributed by atoms with Gasteiger partial charge in [0.1, 0.15) is 5.82 Å². The van der Waals surface area contributed by atoms with Gasteiger partial charge >= 0.3 is 0 Å². The van der Waals surface area contributed by atoms with Gasteiger partial charge in [0.05, 0.1) is 0 Å². The lowest BCUT2D eigenvalue weighted by Crippen LogP contribution is -2.49. The number of rotatable bonds is 5. The number of amides is 1. The van der Waals surface area contributed by atoms with E-state index in [2.05, 4.69) is 42.5 Å². The van der Waals surface area contributed by atoms with Crippen LogP contribution < -0.4 is 0 Å². The molecular formula is C22H23BrN4O. The second kappa shape index (κ2) is 8.71. The van der Waals surface area contributed by atoms with Gasteiger partial charge in [0.25, 0.3) is 5.91 Å². The van der Waals surface area contributed by atoms with E-state index in [0.717, 1.165) is 60.7 Å². The molecular weight excluding hydrogens is 416 g/mol. The minimum Gasteiger partial charge on any atom is -0.336 e. The smallest absolute Gasteiger partial charge is 0.253 e. The zero-order chi connectivity index (χ0) is 19.3. The molecule has 1 fully saturated rings. The van der Waals surface area contributed by atoms with E-state index in [-0.39, 0.29) is 5.91 Å². The molecule has 0 spiro atoms. The zero-order valence-corrected chi connectivity index (χ0v) is 17.3. The van der Waals surface area contributed by atoms with Gasteiger partial charge in [-0.2, -0.15) is 0 Å². The molecule has 0 radical (unpaired) electrons. The van der Waals surface area contributed by atoms with Crippen molar-refractivity contribution < 1.29 is 4.79 Å². The summed E-state index contributed by atoms with van der Waals surface area (Å²) < 4.78 is 3.14. The van der Waals surface area contributed by atoms with Crippen LogP contribution in [0.5, 0.6) is 0 Å². The molecule has 0 bridgehead atoms. The molecule has 28 heavy (non-hydrogen) atoms. The summed E-state index contributed by atoms with van der Waals surface area (Å²) in [5, 5.41) is 0. The lowest BCUT2D eigenvalue weighted by Gasteiger charge is -2.35. The summed E-state index contributed by atoms with van der Waals surface area (Å²) in [6.07, 6.45) is 3.90. The molecule has 2 aromatic carbocycles. The highest BCUT2D eigenvalue weighted by molar-refractivity contribution is 9.10. The highest BCUT2D eigenvalue weighted by Gasteiger charge is 2.22. The Bertz CT molecular complexity index is 932. The van der Waals surface area contributed by atoms with E-state index in [9.17, 15) is 4.79 Å². The fourth-order valence-electron chi connectivity index (χ4n) is 3.56. The van der Waals surface area contributed by atoms with Crippen LogP contribution in [0, 0.1) is 0 Å². The molecule has 0 N–H and O–H groups in total. The van der Waals surface area contributed by atoms with E-state index < -0.39 is 0 Å². The summed E-state index contributed by atoms with van der Waals surface area (Å²) in [5.41, 5.74) is 1.88. The number of imidazole rings is 1. The van der Waals surface area contributed by atoms with E-state index in [1.165, 1.54) is 0 Å². The van der Waals surface area contributed by atoms with Crippen molar-refractivity contribution in [2.45, 2.75) is 6.54 Å². The monoisotopic (exact) mass is 438 g/mol. The number of nitrogens with zero attached hydrogens (tertiary/aromatic N) is 4. The normalized spacial score (nSPS) is 15.0. The lowest BCUT2D eigenvalue weighted by molar-refractivity contribution is 0.0633. The Labute approximate surface area is 173 Å². The standard InChI is InChI=1S/C22H23BrN4O/c23-20-8-4-7-19(17-20)22(28)27-15-12-25(13-16-27)11-14-26-10-9-24-21(26)18-5-2-1-3-6-18/h1-10,17H,11-16H2. The Hall–Kier alpha value is -2.44. The molecule has 1 amide bonds. The SMILES string of the molecule is O=C(c1cccc(Br)c1)N1CCN(CCn2ccnc2-c2ccccc2)CC1. The summed E-state index contributed by atoms with van der Waals surface area (Å²) in [7, 11) is 0. The molecule has 144 valence electrons. The second-order valence-corrected chi connectivity index (χ2v) is 7.87. The van der Waals surface area contributed by atoms with Gasteiger partial charge in [-0.25, -0.2) is 4.98 Å². The van der Waals surface area contributed by atoms with E-state index in [1.54, 1.807) is 0 Å². The summed E-state index contributed by atoms with van der Waals surface area (Å²) >= 11 is 3.44. The lowest BCUT2D eigenvalue weighted by atomic mass is 10.2. The molecule has 5 nitrogen and oxygen atoms in total. The van der Waals surface area contributed by atoms with Gasteiger partial charge in [-0.05, 0) is 18.2 Å². The summed E-state index contributed by atoms with van der Waals surface area (Å²) in [6, 6.07) is 17.9. The van der Waals surface area contributed by atoms with Gasteiger partial charge in [0.2, 0.25) is 0 Å². The number of halogens is 1. The van der Waals surface area contributed by atoms with Gasteiger partial charge in [0.15, 0.2) is 0 Å². The molecule has 0 saturated carbocycles. The first-order valence-electron chi connectivity index (χ1n) is 9.54. The number of carbonyl (C=O) groups is 1. The molecule has 0 atom stereocenters. The summed E-state index contributed by atoms with van der Waals surface area (Å²) in [5.74, 6) is 1.12. The Morgan fingerprint density at radius 3 is 2.50 bits per heavy atom. The number of aromatic nitrogens is 2. The van der Waals surface area contributed by atoms with Crippen molar-refractivity contribution in [3.8, 4) is 11.4 Å². The molecule has 4 rings (SSSR count). The third-order valence-electron chi connectivity index (χ3n) is 5.14. The molecule has 3 aromatic rings. The fourth-order valence-corrected chi connectivity index (χ4v) is 3.96. The van der Waals surface area contributed by atoms with Gasteiger partial charge in [-0.1, -0.05) is 52.3 Å². The Balaban J connectivity index is 1.31. The van der Waals surface area contributed by atoms with Crippen molar-refractivity contribution in [1.29, 1.82) is 0 Å². The predicted molar refractivity (Wildman–Crippen MR) is 114 cm³/mol. The highest BCUT2D eigenvalue weighted by atomic mass is 79.9. The van der Waals surface area contributed by atoms with Crippen molar-refractivity contribution in [3.63, 3.8) is 0 Å². The molecule has 1 saturated heterocycles. The molecule has 2 heterocycles. The third kappa shape index (κ3) is 4.34. The van der Waals surface area contributed by atoms with Crippen LogP contribution >= 0.6 is 15.9 Å². The van der Waals surface area contributed by atoms with E-state index in [0.29, 0.717) is 0 Å². The Morgan fingerprint density at radius 2 is 1.75 bits per heavy atom. The second-order valence-electron chi connectivity index (χ2n) is 6.95. The van der Waals surface area contributed by atoms with Crippen LogP contribution in [0.1, 0.15) is 10.4 Å². The Morgan fingerprint density at radius 1 is 0.964 bits per heavy atom.